The lowest BCUT2D eigenvalue weighted by atomic mass is 10.2. The summed E-state index contributed by atoms with van der Waals surface area (Å²) in [7, 11) is 1.65. The Bertz CT molecular complexity index is 705. The van der Waals surface area contributed by atoms with Crippen LogP contribution in [0.15, 0.2) is 54.6 Å². The lowest BCUT2D eigenvalue weighted by Gasteiger charge is -2.35. The minimum absolute atomic E-state index is 0.323. The van der Waals surface area contributed by atoms with Gasteiger partial charge >= 0.3 is 0 Å². The van der Waals surface area contributed by atoms with Crippen LogP contribution in [0.5, 0.6) is 11.5 Å². The first-order valence-corrected chi connectivity index (χ1v) is 10.2. The largest absolute Gasteiger partial charge is 0.496 e. The zero-order valence-electron chi connectivity index (χ0n) is 17.2. The van der Waals surface area contributed by atoms with Crippen molar-refractivity contribution in [1.29, 1.82) is 0 Å². The molecule has 0 radical (unpaired) electrons. The van der Waals surface area contributed by atoms with Crippen molar-refractivity contribution in [3.05, 3.63) is 60.2 Å². The second-order valence-electron chi connectivity index (χ2n) is 7.28. The van der Waals surface area contributed by atoms with Crippen molar-refractivity contribution in [2.24, 2.45) is 0 Å². The third-order valence-corrected chi connectivity index (χ3v) is 5.11. The van der Waals surface area contributed by atoms with E-state index in [9.17, 15) is 5.11 Å². The molecule has 1 N–H and O–H groups in total. The van der Waals surface area contributed by atoms with E-state index in [2.05, 4.69) is 9.80 Å². The van der Waals surface area contributed by atoms with E-state index in [0.29, 0.717) is 26.4 Å². The number of hydrogen-bond acceptors (Lipinski definition) is 6. The molecule has 0 spiro atoms. The fourth-order valence-corrected chi connectivity index (χ4v) is 3.48. The van der Waals surface area contributed by atoms with Crippen LogP contribution in [0.2, 0.25) is 0 Å². The number of β-amino-alcohol motifs (C(OH)–C–C–N with tert-alkyl or cyclic N) is 1. The molecule has 0 amide bonds. The van der Waals surface area contributed by atoms with Crippen LogP contribution in [-0.4, -0.2) is 80.6 Å². The summed E-state index contributed by atoms with van der Waals surface area (Å²) in [6.07, 6.45) is -0.488. The number of hydrogen-bond donors (Lipinski definition) is 1. The standard InChI is InChI=1S/C23H32N2O4/c1-27-23-10-6-5-7-20(23)18-28-19-21(26)17-25-13-11-24(12-14-25)15-16-29-22-8-3-2-4-9-22/h2-10,21,26H,11-19H2,1H3. The minimum atomic E-state index is -0.488. The van der Waals surface area contributed by atoms with Gasteiger partial charge in [-0.15, -0.1) is 0 Å². The Morgan fingerprint density at radius 2 is 1.62 bits per heavy atom. The van der Waals surface area contributed by atoms with Crippen LogP contribution >= 0.6 is 0 Å². The van der Waals surface area contributed by atoms with Crippen LogP contribution in [0.25, 0.3) is 0 Å². The van der Waals surface area contributed by atoms with Gasteiger partial charge in [0.1, 0.15) is 18.1 Å². The normalized spacial score (nSPS) is 16.5. The Balaban J connectivity index is 1.28. The molecule has 1 atom stereocenters. The van der Waals surface area contributed by atoms with Crippen LogP contribution in [0, 0.1) is 0 Å². The molecule has 0 aliphatic carbocycles. The average molecular weight is 401 g/mol. The van der Waals surface area contributed by atoms with E-state index in [1.165, 1.54) is 0 Å². The fourth-order valence-electron chi connectivity index (χ4n) is 3.48. The Kier molecular flexibility index (Phi) is 8.77. The van der Waals surface area contributed by atoms with E-state index < -0.39 is 6.10 Å². The lowest BCUT2D eigenvalue weighted by molar-refractivity contribution is 0.000350. The van der Waals surface area contributed by atoms with Gasteiger partial charge in [-0.2, -0.15) is 0 Å². The van der Waals surface area contributed by atoms with Crippen molar-refractivity contribution in [1.82, 2.24) is 9.80 Å². The number of nitrogens with zero attached hydrogens (tertiary/aromatic N) is 2. The molecule has 0 bridgehead atoms. The van der Waals surface area contributed by atoms with Crippen LogP contribution in [-0.2, 0) is 11.3 Å². The number of methoxy groups -OCH3 is 1. The summed E-state index contributed by atoms with van der Waals surface area (Å²) in [5.41, 5.74) is 0.994. The van der Waals surface area contributed by atoms with E-state index in [4.69, 9.17) is 14.2 Å². The SMILES string of the molecule is COc1ccccc1COCC(O)CN1CCN(CCOc2ccccc2)CC1. The van der Waals surface area contributed by atoms with Gasteiger partial charge in [0.05, 0.1) is 26.4 Å². The zero-order valence-corrected chi connectivity index (χ0v) is 17.2. The Hall–Kier alpha value is -2.12. The van der Waals surface area contributed by atoms with Gasteiger partial charge in [-0.1, -0.05) is 36.4 Å². The van der Waals surface area contributed by atoms with E-state index in [0.717, 1.165) is 49.8 Å². The molecular weight excluding hydrogens is 368 g/mol. The predicted molar refractivity (Wildman–Crippen MR) is 113 cm³/mol. The predicted octanol–water partition coefficient (Wildman–Crippen LogP) is 2.27. The highest BCUT2D eigenvalue weighted by Gasteiger charge is 2.19. The van der Waals surface area contributed by atoms with E-state index in [1.807, 2.05) is 54.6 Å². The first-order valence-electron chi connectivity index (χ1n) is 10.2. The van der Waals surface area contributed by atoms with Crippen LogP contribution < -0.4 is 9.47 Å². The lowest BCUT2D eigenvalue weighted by Crippen LogP contribution is -2.49. The van der Waals surface area contributed by atoms with E-state index in [1.54, 1.807) is 7.11 Å². The third-order valence-electron chi connectivity index (χ3n) is 5.11. The molecule has 1 aliphatic rings. The number of piperazine rings is 1. The molecule has 29 heavy (non-hydrogen) atoms. The number of para-hydroxylation sites is 2. The maximum Gasteiger partial charge on any atom is 0.124 e. The van der Waals surface area contributed by atoms with Gasteiger partial charge in [-0.05, 0) is 18.2 Å². The first-order chi connectivity index (χ1) is 14.2. The summed E-state index contributed by atoms with van der Waals surface area (Å²) in [5, 5.41) is 10.3. The molecule has 2 aromatic rings. The maximum absolute atomic E-state index is 10.3. The number of aliphatic hydroxyl groups excluding tert-OH is 1. The highest BCUT2D eigenvalue weighted by atomic mass is 16.5. The molecule has 3 rings (SSSR count). The van der Waals surface area contributed by atoms with Crippen molar-refractivity contribution in [2.75, 3.05) is 59.6 Å². The molecule has 0 aromatic heterocycles. The maximum atomic E-state index is 10.3. The summed E-state index contributed by atoms with van der Waals surface area (Å²) < 4.78 is 16.8. The molecular formula is C23H32N2O4. The van der Waals surface area contributed by atoms with Crippen molar-refractivity contribution in [3.8, 4) is 11.5 Å². The average Bonchev–Trinajstić information content (AvgIpc) is 2.76. The molecule has 1 unspecified atom stereocenters. The summed E-state index contributed by atoms with van der Waals surface area (Å²) >= 11 is 0. The first kappa shape index (κ1) is 21.6. The summed E-state index contributed by atoms with van der Waals surface area (Å²) in [5.74, 6) is 1.73. The number of ether oxygens (including phenoxy) is 3. The fraction of sp³-hybridized carbons (Fsp3) is 0.478. The topological polar surface area (TPSA) is 54.4 Å². The molecule has 1 heterocycles. The second-order valence-corrected chi connectivity index (χ2v) is 7.28. The summed E-state index contributed by atoms with van der Waals surface area (Å²) in [6.45, 7) is 6.92. The molecule has 1 fully saturated rings. The Morgan fingerprint density at radius 1 is 0.931 bits per heavy atom. The molecule has 0 saturated carbocycles. The number of rotatable bonds is 11. The molecule has 1 aliphatic heterocycles. The van der Waals surface area contributed by atoms with Gasteiger partial charge in [0, 0.05) is 44.8 Å². The summed E-state index contributed by atoms with van der Waals surface area (Å²) in [4.78, 5) is 4.70. The minimum Gasteiger partial charge on any atom is -0.496 e. The van der Waals surface area contributed by atoms with Gasteiger partial charge in [0.25, 0.3) is 0 Å². The molecule has 6 heteroatoms. The number of aliphatic hydroxyl groups is 1. The smallest absolute Gasteiger partial charge is 0.124 e. The molecule has 158 valence electrons. The van der Waals surface area contributed by atoms with Crippen molar-refractivity contribution < 1.29 is 19.3 Å². The Morgan fingerprint density at radius 3 is 2.38 bits per heavy atom. The van der Waals surface area contributed by atoms with Gasteiger partial charge in [0.15, 0.2) is 0 Å². The molecule has 2 aromatic carbocycles. The van der Waals surface area contributed by atoms with Crippen molar-refractivity contribution in [2.45, 2.75) is 12.7 Å². The third kappa shape index (κ3) is 7.33. The Labute approximate surface area is 173 Å². The summed E-state index contributed by atoms with van der Waals surface area (Å²) in [6, 6.07) is 17.7. The quantitative estimate of drug-likeness (QED) is 0.625. The molecule has 6 nitrogen and oxygen atoms in total. The number of benzene rings is 2. The molecule has 1 saturated heterocycles. The van der Waals surface area contributed by atoms with Crippen LogP contribution in [0.4, 0.5) is 0 Å². The second kappa shape index (κ2) is 11.8. The van der Waals surface area contributed by atoms with Gasteiger partial charge in [-0.25, -0.2) is 0 Å². The van der Waals surface area contributed by atoms with Gasteiger partial charge in [0.2, 0.25) is 0 Å². The van der Waals surface area contributed by atoms with E-state index in [-0.39, 0.29) is 0 Å². The van der Waals surface area contributed by atoms with Gasteiger partial charge < -0.3 is 19.3 Å². The highest BCUT2D eigenvalue weighted by molar-refractivity contribution is 5.32. The van der Waals surface area contributed by atoms with Crippen molar-refractivity contribution >= 4 is 0 Å². The van der Waals surface area contributed by atoms with Gasteiger partial charge in [-0.3, -0.25) is 9.80 Å². The van der Waals surface area contributed by atoms with Crippen LogP contribution in [0.3, 0.4) is 0 Å². The monoisotopic (exact) mass is 400 g/mol. The zero-order chi connectivity index (χ0) is 20.3. The highest BCUT2D eigenvalue weighted by Crippen LogP contribution is 2.18. The van der Waals surface area contributed by atoms with Crippen molar-refractivity contribution in [3.63, 3.8) is 0 Å². The van der Waals surface area contributed by atoms with Crippen LogP contribution in [0.1, 0.15) is 5.56 Å². The van der Waals surface area contributed by atoms with E-state index >= 15 is 0 Å².